The third kappa shape index (κ3) is 5.02. The van der Waals surface area contributed by atoms with Gasteiger partial charge in [-0.3, -0.25) is 0 Å². The Morgan fingerprint density at radius 2 is 0.644 bits per heavy atom. The Kier molecular flexibility index (Phi) is 6.98. The molecule has 12 aromatic carbocycles. The van der Waals surface area contributed by atoms with Gasteiger partial charge in [0.25, 0.3) is 0 Å². The first-order valence-electron chi connectivity index (χ1n) is 20.4. The summed E-state index contributed by atoms with van der Waals surface area (Å²) < 4.78 is 1.33. The minimum Gasteiger partial charge on any atom is -0.135 e. The lowest BCUT2D eigenvalue weighted by Crippen LogP contribution is -1.89. The SMILES string of the molecule is c1cc(-c2ccc(-c3ccc4ccc5cccc6ccc3c4c56)cc2)cc(-c2ccc(-c3ccc4ccc5c(-c6cc7ccccc7s6)ccc6ccc3c4c65)cc2)c1. The van der Waals surface area contributed by atoms with Gasteiger partial charge >= 0.3 is 0 Å². The summed E-state index contributed by atoms with van der Waals surface area (Å²) in [4.78, 5) is 1.32. The van der Waals surface area contributed by atoms with Crippen LogP contribution in [0, 0.1) is 0 Å². The fourth-order valence-electron chi connectivity index (χ4n) is 9.93. The predicted molar refractivity (Wildman–Crippen MR) is 256 cm³/mol. The van der Waals surface area contributed by atoms with Crippen LogP contribution in [0.4, 0.5) is 0 Å². The van der Waals surface area contributed by atoms with Crippen LogP contribution in [0.2, 0.25) is 0 Å². The highest BCUT2D eigenvalue weighted by molar-refractivity contribution is 7.22. The lowest BCUT2D eigenvalue weighted by Gasteiger charge is -2.16. The van der Waals surface area contributed by atoms with Crippen molar-refractivity contribution >= 4 is 86.1 Å². The summed E-state index contributed by atoms with van der Waals surface area (Å²) >= 11 is 1.88. The van der Waals surface area contributed by atoms with E-state index in [2.05, 4.69) is 206 Å². The van der Waals surface area contributed by atoms with Gasteiger partial charge in [0, 0.05) is 9.58 Å². The summed E-state index contributed by atoms with van der Waals surface area (Å²) in [6.07, 6.45) is 0. The molecular weight excluding hydrogens is 729 g/mol. The van der Waals surface area contributed by atoms with Gasteiger partial charge in [0.1, 0.15) is 0 Å². The maximum atomic E-state index is 2.35. The van der Waals surface area contributed by atoms with Crippen LogP contribution in [0.25, 0.3) is 130 Å². The van der Waals surface area contributed by atoms with Crippen LogP contribution in [0.1, 0.15) is 0 Å². The first-order valence-corrected chi connectivity index (χ1v) is 21.2. The summed E-state index contributed by atoms with van der Waals surface area (Å²) in [5, 5.41) is 17.1. The van der Waals surface area contributed by atoms with Gasteiger partial charge < -0.3 is 0 Å². The number of hydrogen-bond donors (Lipinski definition) is 0. The molecule has 0 aliphatic heterocycles. The maximum Gasteiger partial charge on any atom is 0.0361 e. The van der Waals surface area contributed by atoms with E-state index < -0.39 is 0 Å². The summed E-state index contributed by atoms with van der Waals surface area (Å²) in [5.41, 5.74) is 11.2. The molecule has 1 heterocycles. The minimum absolute atomic E-state index is 1.21. The van der Waals surface area contributed by atoms with Crippen LogP contribution in [0.15, 0.2) is 206 Å². The highest BCUT2D eigenvalue weighted by Crippen LogP contribution is 2.45. The molecule has 272 valence electrons. The quantitative estimate of drug-likeness (QED) is 0.153. The highest BCUT2D eigenvalue weighted by Gasteiger charge is 2.17. The molecule has 0 amide bonds. The summed E-state index contributed by atoms with van der Waals surface area (Å²) in [5.74, 6) is 0. The van der Waals surface area contributed by atoms with E-state index in [1.165, 1.54) is 130 Å². The van der Waals surface area contributed by atoms with Gasteiger partial charge in [-0.2, -0.15) is 0 Å². The van der Waals surface area contributed by atoms with Gasteiger partial charge in [-0.15, -0.1) is 11.3 Å². The van der Waals surface area contributed by atoms with Crippen molar-refractivity contribution in [3.63, 3.8) is 0 Å². The Balaban J connectivity index is 0.832. The van der Waals surface area contributed by atoms with E-state index >= 15 is 0 Å². The molecule has 13 aromatic rings. The van der Waals surface area contributed by atoms with Crippen LogP contribution < -0.4 is 0 Å². The van der Waals surface area contributed by atoms with E-state index in [1.54, 1.807) is 0 Å². The van der Waals surface area contributed by atoms with Crippen molar-refractivity contribution in [2.75, 3.05) is 0 Å². The fourth-order valence-corrected chi connectivity index (χ4v) is 11.0. The first-order chi connectivity index (χ1) is 29.2. The monoisotopic (exact) mass is 762 g/mol. The zero-order valence-corrected chi connectivity index (χ0v) is 32.9. The largest absolute Gasteiger partial charge is 0.135 e. The first kappa shape index (κ1) is 32.7. The Morgan fingerprint density at radius 3 is 1.20 bits per heavy atom. The number of rotatable bonds is 5. The van der Waals surface area contributed by atoms with Crippen molar-refractivity contribution in [3.05, 3.63) is 206 Å². The van der Waals surface area contributed by atoms with Crippen LogP contribution in [0.3, 0.4) is 0 Å². The van der Waals surface area contributed by atoms with Gasteiger partial charge in [-0.05, 0) is 138 Å². The minimum atomic E-state index is 1.21. The molecule has 0 N–H and O–H groups in total. The Morgan fingerprint density at radius 1 is 0.237 bits per heavy atom. The van der Waals surface area contributed by atoms with Crippen molar-refractivity contribution in [2.45, 2.75) is 0 Å². The van der Waals surface area contributed by atoms with Crippen molar-refractivity contribution in [1.29, 1.82) is 0 Å². The van der Waals surface area contributed by atoms with E-state index in [0.717, 1.165) is 0 Å². The normalized spacial score (nSPS) is 12.1. The number of benzene rings is 12. The van der Waals surface area contributed by atoms with E-state index in [4.69, 9.17) is 0 Å². The van der Waals surface area contributed by atoms with Gasteiger partial charge in [-0.25, -0.2) is 0 Å². The zero-order valence-electron chi connectivity index (χ0n) is 32.0. The lowest BCUT2D eigenvalue weighted by molar-refractivity contribution is 1.58. The van der Waals surface area contributed by atoms with Crippen molar-refractivity contribution in [1.82, 2.24) is 0 Å². The molecule has 0 aliphatic rings. The molecule has 1 heteroatoms. The number of thiophene rings is 1. The van der Waals surface area contributed by atoms with E-state index in [9.17, 15) is 0 Å². The second-order valence-corrected chi connectivity index (χ2v) is 17.1. The van der Waals surface area contributed by atoms with E-state index in [0.29, 0.717) is 0 Å². The van der Waals surface area contributed by atoms with Gasteiger partial charge in [0.15, 0.2) is 0 Å². The topological polar surface area (TPSA) is 0 Å². The number of hydrogen-bond acceptors (Lipinski definition) is 1. The van der Waals surface area contributed by atoms with Crippen LogP contribution in [0.5, 0.6) is 0 Å². The molecule has 0 saturated heterocycles. The smallest absolute Gasteiger partial charge is 0.0361 e. The standard InChI is InChI=1S/C58H34S/c1-2-10-53-46(5-1)34-54(59-53)49-29-23-43-25-31-51-48(28-22-42-26-32-52(49)58(43)57(42)51)38-17-13-36(14-18-38)45-9-4-8-44(33-45)35-11-15-37(16-12-35)47-27-21-41-20-19-39-6-3-7-40-24-30-50(47)56(41)55(39)40/h1-34H. The molecule has 1 aromatic heterocycles. The maximum absolute atomic E-state index is 2.35. The van der Waals surface area contributed by atoms with Crippen LogP contribution >= 0.6 is 11.3 Å². The molecular formula is C58H34S. The average molecular weight is 763 g/mol. The highest BCUT2D eigenvalue weighted by atomic mass is 32.1. The van der Waals surface area contributed by atoms with Crippen molar-refractivity contribution in [2.24, 2.45) is 0 Å². The molecule has 0 radical (unpaired) electrons. The van der Waals surface area contributed by atoms with Crippen molar-refractivity contribution in [3.8, 4) is 54.9 Å². The Labute approximate surface area is 345 Å². The average Bonchev–Trinajstić information content (AvgIpc) is 3.74. The third-order valence-electron chi connectivity index (χ3n) is 12.8. The molecule has 0 unspecified atom stereocenters. The summed E-state index contributed by atoms with van der Waals surface area (Å²) in [6, 6.07) is 77.0. The van der Waals surface area contributed by atoms with E-state index in [-0.39, 0.29) is 0 Å². The Bertz CT molecular complexity index is 3700. The van der Waals surface area contributed by atoms with Crippen LogP contribution in [-0.2, 0) is 0 Å². The van der Waals surface area contributed by atoms with E-state index in [1.807, 2.05) is 11.3 Å². The van der Waals surface area contributed by atoms with Crippen LogP contribution in [-0.4, -0.2) is 0 Å². The molecule has 0 atom stereocenters. The summed E-state index contributed by atoms with van der Waals surface area (Å²) in [6.45, 7) is 0. The fraction of sp³-hybridized carbons (Fsp3) is 0. The van der Waals surface area contributed by atoms with Gasteiger partial charge in [-0.1, -0.05) is 188 Å². The Hall–Kier alpha value is -7.32. The van der Waals surface area contributed by atoms with Gasteiger partial charge in [0.05, 0.1) is 0 Å². The second-order valence-electron chi connectivity index (χ2n) is 16.0. The second kappa shape index (κ2) is 12.6. The third-order valence-corrected chi connectivity index (χ3v) is 14.0. The molecule has 0 fully saturated rings. The molecule has 0 nitrogen and oxygen atoms in total. The molecule has 0 aliphatic carbocycles. The van der Waals surface area contributed by atoms with Gasteiger partial charge in [0.2, 0.25) is 0 Å². The lowest BCUT2D eigenvalue weighted by atomic mass is 9.88. The molecule has 0 spiro atoms. The summed E-state index contributed by atoms with van der Waals surface area (Å²) in [7, 11) is 0. The molecule has 0 saturated carbocycles. The molecule has 13 rings (SSSR count). The van der Waals surface area contributed by atoms with Crippen molar-refractivity contribution < 1.29 is 0 Å². The molecule has 59 heavy (non-hydrogen) atoms. The molecule has 0 bridgehead atoms. The zero-order chi connectivity index (χ0) is 38.6. The predicted octanol–water partition coefficient (Wildman–Crippen LogP) is 17.0. The number of fused-ring (bicyclic) bond motifs is 1.